The van der Waals surface area contributed by atoms with Gasteiger partial charge in [-0.2, -0.15) is 0 Å². The van der Waals surface area contributed by atoms with Crippen LogP contribution in [0.3, 0.4) is 0 Å². The molecule has 0 spiro atoms. The van der Waals surface area contributed by atoms with Gasteiger partial charge in [0.1, 0.15) is 0 Å². The van der Waals surface area contributed by atoms with Crippen LogP contribution >= 0.6 is 0 Å². The number of amides is 1. The number of unbranched alkanes of at least 4 members (excludes halogenated alkanes) is 9. The molecular weight excluding hydrogens is 626 g/mol. The molecule has 0 aliphatic carbocycles. The summed E-state index contributed by atoms with van der Waals surface area (Å²) >= 11 is 0. The average Bonchev–Trinajstić information content (AvgIpc) is 3.08. The highest BCUT2D eigenvalue weighted by molar-refractivity contribution is 5.80. The van der Waals surface area contributed by atoms with E-state index in [0.29, 0.717) is 125 Å². The number of carboxylic acid groups (broad SMARTS) is 1. The Bertz CT molecular complexity index is 659. The molecule has 1 amide bonds. The molecule has 48 heavy (non-hydrogen) atoms. The molecule has 0 fully saturated rings. The summed E-state index contributed by atoms with van der Waals surface area (Å²) in [5, 5.41) is 11.2. The Morgan fingerprint density at radius 3 is 1.02 bits per heavy atom. The lowest BCUT2D eigenvalue weighted by Crippen LogP contribution is -2.25. The number of carboxylic acids is 1. The minimum atomic E-state index is -0.979. The summed E-state index contributed by atoms with van der Waals surface area (Å²) in [4.78, 5) is 21.8. The number of hydrogen-bond donors (Lipinski definition) is 2. The number of aliphatic carboxylic acids is 1. The predicted molar refractivity (Wildman–Crippen MR) is 184 cm³/mol. The van der Waals surface area contributed by atoms with Crippen LogP contribution in [-0.2, 0) is 52.2 Å². The lowest BCUT2D eigenvalue weighted by Gasteiger charge is -2.09. The molecule has 0 saturated heterocycles. The Balaban J connectivity index is 3.08. The second kappa shape index (κ2) is 41.7. The van der Waals surface area contributed by atoms with Gasteiger partial charge in [-0.05, 0) is 12.8 Å². The van der Waals surface area contributed by atoms with Crippen molar-refractivity contribution in [3.63, 3.8) is 0 Å². The summed E-state index contributed by atoms with van der Waals surface area (Å²) in [5.74, 6) is -1.24. The van der Waals surface area contributed by atoms with Crippen LogP contribution in [0.15, 0.2) is 0 Å². The van der Waals surface area contributed by atoms with Crippen molar-refractivity contribution in [3.8, 4) is 0 Å². The summed E-state index contributed by atoms with van der Waals surface area (Å²) in [7, 11) is 0. The van der Waals surface area contributed by atoms with E-state index in [9.17, 15) is 9.59 Å². The highest BCUT2D eigenvalue weighted by atomic mass is 16.6. The fraction of sp³-hybridized carbons (Fsp3) is 0.943. The van der Waals surface area contributed by atoms with Crippen molar-refractivity contribution in [3.05, 3.63) is 0 Å². The van der Waals surface area contributed by atoms with E-state index in [1.165, 1.54) is 57.8 Å². The van der Waals surface area contributed by atoms with E-state index in [1.54, 1.807) is 0 Å². The van der Waals surface area contributed by atoms with Crippen molar-refractivity contribution in [2.45, 2.75) is 90.4 Å². The SMILES string of the molecule is CCCCCCCCCCCCOCCOCCOCCOCCOCCOCCOCCOCCOCCCNC(=O)CCC(=O)O. The topological polar surface area (TPSA) is 149 Å². The summed E-state index contributed by atoms with van der Waals surface area (Å²) < 4.78 is 49.5. The third-order valence-corrected chi connectivity index (χ3v) is 6.97. The zero-order chi connectivity index (χ0) is 34.9. The Morgan fingerprint density at radius 2 is 0.688 bits per heavy atom. The summed E-state index contributed by atoms with van der Waals surface area (Å²) in [5.41, 5.74) is 0. The molecular formula is C35H69NO12. The summed E-state index contributed by atoms with van der Waals surface area (Å²) in [6.45, 7) is 12.3. The molecule has 0 aromatic heterocycles. The average molecular weight is 696 g/mol. The van der Waals surface area contributed by atoms with E-state index in [2.05, 4.69) is 12.2 Å². The Morgan fingerprint density at radius 1 is 0.396 bits per heavy atom. The molecule has 0 aliphatic heterocycles. The molecule has 0 aromatic carbocycles. The van der Waals surface area contributed by atoms with E-state index in [0.717, 1.165) is 13.0 Å². The number of rotatable bonds is 42. The van der Waals surface area contributed by atoms with Crippen LogP contribution in [0.4, 0.5) is 0 Å². The highest BCUT2D eigenvalue weighted by Gasteiger charge is 2.04. The highest BCUT2D eigenvalue weighted by Crippen LogP contribution is 2.10. The van der Waals surface area contributed by atoms with Crippen LogP contribution in [0.5, 0.6) is 0 Å². The predicted octanol–water partition coefficient (Wildman–Crippen LogP) is 4.43. The van der Waals surface area contributed by atoms with E-state index in [4.69, 9.17) is 47.7 Å². The molecule has 0 heterocycles. The maximum atomic E-state index is 11.4. The van der Waals surface area contributed by atoms with E-state index in [1.807, 2.05) is 0 Å². The lowest BCUT2D eigenvalue weighted by atomic mass is 10.1. The minimum absolute atomic E-state index is 0.00565. The van der Waals surface area contributed by atoms with E-state index in [-0.39, 0.29) is 18.7 Å². The van der Waals surface area contributed by atoms with E-state index < -0.39 is 5.97 Å². The van der Waals surface area contributed by atoms with Gasteiger partial charge in [-0.1, -0.05) is 64.7 Å². The summed E-state index contributed by atoms with van der Waals surface area (Å²) in [6, 6.07) is 0. The fourth-order valence-electron chi connectivity index (χ4n) is 4.26. The molecule has 0 aromatic rings. The molecule has 0 unspecified atom stereocenters. The number of hydrogen-bond acceptors (Lipinski definition) is 11. The second-order valence-electron chi connectivity index (χ2n) is 11.3. The van der Waals surface area contributed by atoms with Crippen molar-refractivity contribution in [1.29, 1.82) is 0 Å². The molecule has 286 valence electrons. The van der Waals surface area contributed by atoms with Crippen molar-refractivity contribution in [2.24, 2.45) is 0 Å². The van der Waals surface area contributed by atoms with Crippen LogP contribution < -0.4 is 5.32 Å². The number of ether oxygens (including phenoxy) is 9. The van der Waals surface area contributed by atoms with Crippen LogP contribution in [0, 0.1) is 0 Å². The van der Waals surface area contributed by atoms with Crippen molar-refractivity contribution < 1.29 is 57.3 Å². The molecule has 0 aliphatic rings. The zero-order valence-corrected chi connectivity index (χ0v) is 30.1. The van der Waals surface area contributed by atoms with Gasteiger partial charge < -0.3 is 53.1 Å². The number of nitrogens with one attached hydrogen (secondary N) is 1. The molecule has 0 saturated carbocycles. The smallest absolute Gasteiger partial charge is 0.303 e. The first-order valence-electron chi connectivity index (χ1n) is 18.3. The quantitative estimate of drug-likeness (QED) is 0.0871. The molecule has 0 atom stereocenters. The lowest BCUT2D eigenvalue weighted by molar-refractivity contribution is -0.138. The van der Waals surface area contributed by atoms with Gasteiger partial charge in [-0.15, -0.1) is 0 Å². The van der Waals surface area contributed by atoms with Gasteiger partial charge in [0.15, 0.2) is 0 Å². The summed E-state index contributed by atoms with van der Waals surface area (Å²) in [6.07, 6.45) is 13.9. The second-order valence-corrected chi connectivity index (χ2v) is 11.3. The van der Waals surface area contributed by atoms with Gasteiger partial charge in [0, 0.05) is 26.2 Å². The van der Waals surface area contributed by atoms with Gasteiger partial charge in [0.25, 0.3) is 0 Å². The first-order chi connectivity index (χ1) is 23.7. The third-order valence-electron chi connectivity index (χ3n) is 6.97. The Kier molecular flexibility index (Phi) is 40.5. The maximum Gasteiger partial charge on any atom is 0.303 e. The number of carbonyl (C=O) groups is 2. The monoisotopic (exact) mass is 695 g/mol. The van der Waals surface area contributed by atoms with E-state index >= 15 is 0 Å². The molecule has 0 rings (SSSR count). The van der Waals surface area contributed by atoms with Gasteiger partial charge in [0.2, 0.25) is 5.91 Å². The standard InChI is InChI=1S/C35H69NO12/c1-2-3-4-5-6-7-8-9-10-11-16-40-18-20-42-22-24-44-26-28-46-30-32-48-33-31-47-29-27-45-25-23-43-21-19-41-17-12-15-36-34(37)13-14-35(38)39/h2-33H2,1H3,(H,36,37)(H,38,39). The van der Waals surface area contributed by atoms with Crippen molar-refractivity contribution in [1.82, 2.24) is 5.32 Å². The van der Waals surface area contributed by atoms with Crippen LogP contribution in [-0.4, -0.2) is 142 Å². The Hall–Kier alpha value is -1.42. The maximum absolute atomic E-state index is 11.4. The van der Waals surface area contributed by atoms with Crippen molar-refractivity contribution in [2.75, 3.05) is 125 Å². The molecule has 0 bridgehead atoms. The van der Waals surface area contributed by atoms with Crippen LogP contribution in [0.1, 0.15) is 90.4 Å². The fourth-order valence-corrected chi connectivity index (χ4v) is 4.26. The van der Waals surface area contributed by atoms with Crippen molar-refractivity contribution >= 4 is 11.9 Å². The zero-order valence-electron chi connectivity index (χ0n) is 30.1. The molecule has 13 heteroatoms. The minimum Gasteiger partial charge on any atom is -0.481 e. The van der Waals surface area contributed by atoms with Gasteiger partial charge >= 0.3 is 5.97 Å². The normalized spacial score (nSPS) is 11.4. The largest absolute Gasteiger partial charge is 0.481 e. The van der Waals surface area contributed by atoms with Crippen LogP contribution in [0.2, 0.25) is 0 Å². The van der Waals surface area contributed by atoms with Gasteiger partial charge in [0.05, 0.1) is 112 Å². The molecule has 13 nitrogen and oxygen atoms in total. The molecule has 2 N–H and O–H groups in total. The third kappa shape index (κ3) is 42.6. The van der Waals surface area contributed by atoms with Gasteiger partial charge in [-0.25, -0.2) is 0 Å². The number of carbonyl (C=O) groups excluding carboxylic acids is 1. The van der Waals surface area contributed by atoms with Crippen LogP contribution in [0.25, 0.3) is 0 Å². The Labute approximate surface area is 290 Å². The first-order valence-corrected chi connectivity index (χ1v) is 18.3. The van der Waals surface area contributed by atoms with Gasteiger partial charge in [-0.3, -0.25) is 9.59 Å². The molecule has 0 radical (unpaired) electrons. The first kappa shape index (κ1) is 46.6.